The Labute approximate surface area is 87.2 Å². The van der Waals surface area contributed by atoms with Gasteiger partial charge in [0.05, 0.1) is 4.88 Å². The Balaban J connectivity index is 2.63. The number of nitrogens with two attached hydrogens (primary N) is 1. The van der Waals surface area contributed by atoms with E-state index in [1.165, 1.54) is 10.4 Å². The molecule has 3 nitrogen and oxygen atoms in total. The van der Waals surface area contributed by atoms with Gasteiger partial charge in [0, 0.05) is 12.6 Å². The van der Waals surface area contributed by atoms with Crippen molar-refractivity contribution in [3.05, 3.63) is 22.6 Å². The zero-order chi connectivity index (χ0) is 10.3. The molecule has 2 N–H and O–H groups in total. The van der Waals surface area contributed by atoms with E-state index in [0.717, 1.165) is 17.1 Å². The number of thiophene rings is 1. The van der Waals surface area contributed by atoms with Crippen LogP contribution in [0.1, 0.15) is 11.1 Å². The van der Waals surface area contributed by atoms with E-state index in [9.17, 15) is 0 Å². The van der Waals surface area contributed by atoms with Crippen LogP contribution in [0.3, 0.4) is 0 Å². The molecule has 0 bridgehead atoms. The summed E-state index contributed by atoms with van der Waals surface area (Å²) in [6.07, 6.45) is 0. The highest BCUT2D eigenvalue weighted by atomic mass is 32.1. The van der Waals surface area contributed by atoms with E-state index in [-0.39, 0.29) is 0 Å². The fourth-order valence-electron chi connectivity index (χ4n) is 1.47. The van der Waals surface area contributed by atoms with Crippen LogP contribution < -0.4 is 5.73 Å². The summed E-state index contributed by atoms with van der Waals surface area (Å²) in [4.78, 5) is 1.22. The highest BCUT2D eigenvalue weighted by Gasteiger charge is 2.13. The van der Waals surface area contributed by atoms with Crippen LogP contribution in [-0.4, -0.2) is 9.78 Å². The summed E-state index contributed by atoms with van der Waals surface area (Å²) in [6.45, 7) is 4.10. The number of aromatic nitrogens is 2. The van der Waals surface area contributed by atoms with Crippen LogP contribution in [0, 0.1) is 13.8 Å². The number of nitrogen functional groups attached to an aromatic ring is 1. The molecule has 2 aromatic rings. The van der Waals surface area contributed by atoms with Gasteiger partial charge in [-0.25, -0.2) is 0 Å². The SMILES string of the molecule is Cc1ccsc1-c1nn(C)c(N)c1C. The molecule has 0 aliphatic heterocycles. The molecule has 0 aliphatic carbocycles. The molecule has 0 radical (unpaired) electrons. The molecule has 2 rings (SSSR count). The van der Waals surface area contributed by atoms with Crippen molar-refractivity contribution in [3.63, 3.8) is 0 Å². The lowest BCUT2D eigenvalue weighted by Crippen LogP contribution is -1.97. The third kappa shape index (κ3) is 1.23. The van der Waals surface area contributed by atoms with Crippen molar-refractivity contribution in [1.82, 2.24) is 9.78 Å². The van der Waals surface area contributed by atoms with E-state index >= 15 is 0 Å². The molecule has 0 saturated heterocycles. The van der Waals surface area contributed by atoms with Gasteiger partial charge < -0.3 is 5.73 Å². The first kappa shape index (κ1) is 9.27. The minimum atomic E-state index is 0.743. The molecule has 0 unspecified atom stereocenters. The topological polar surface area (TPSA) is 43.8 Å². The second-order valence-electron chi connectivity index (χ2n) is 3.42. The third-order valence-electron chi connectivity index (χ3n) is 2.42. The molecule has 0 aromatic carbocycles. The maximum atomic E-state index is 5.86. The van der Waals surface area contributed by atoms with Gasteiger partial charge in [-0.15, -0.1) is 11.3 Å². The van der Waals surface area contributed by atoms with Crippen molar-refractivity contribution in [1.29, 1.82) is 0 Å². The van der Waals surface area contributed by atoms with E-state index in [4.69, 9.17) is 5.73 Å². The van der Waals surface area contributed by atoms with Gasteiger partial charge in [0.1, 0.15) is 11.5 Å². The summed E-state index contributed by atoms with van der Waals surface area (Å²) in [6, 6.07) is 2.10. The Kier molecular flexibility index (Phi) is 2.07. The van der Waals surface area contributed by atoms with Crippen LogP contribution >= 0.6 is 11.3 Å². The minimum absolute atomic E-state index is 0.743. The Bertz CT molecular complexity index is 468. The molecule has 2 aromatic heterocycles. The fourth-order valence-corrected chi connectivity index (χ4v) is 2.44. The lowest BCUT2D eigenvalue weighted by atomic mass is 10.2. The van der Waals surface area contributed by atoms with Crippen molar-refractivity contribution < 1.29 is 0 Å². The van der Waals surface area contributed by atoms with E-state index in [0.29, 0.717) is 0 Å². The average Bonchev–Trinajstić information content (AvgIpc) is 2.66. The molecule has 4 heteroatoms. The van der Waals surface area contributed by atoms with Gasteiger partial charge >= 0.3 is 0 Å². The van der Waals surface area contributed by atoms with Crippen molar-refractivity contribution in [3.8, 4) is 10.6 Å². The highest BCUT2D eigenvalue weighted by Crippen LogP contribution is 2.32. The first-order valence-corrected chi connectivity index (χ1v) is 5.32. The van der Waals surface area contributed by atoms with E-state index < -0.39 is 0 Å². The normalized spacial score (nSPS) is 10.8. The Morgan fingerprint density at radius 2 is 2.14 bits per heavy atom. The lowest BCUT2D eigenvalue weighted by Gasteiger charge is -1.95. The number of nitrogens with zero attached hydrogens (tertiary/aromatic N) is 2. The second-order valence-corrected chi connectivity index (χ2v) is 4.33. The summed E-state index contributed by atoms with van der Waals surface area (Å²) in [5, 5.41) is 6.49. The molecular weight excluding hydrogens is 194 g/mol. The van der Waals surface area contributed by atoms with E-state index in [2.05, 4.69) is 23.5 Å². The van der Waals surface area contributed by atoms with Crippen molar-refractivity contribution in [2.45, 2.75) is 13.8 Å². The summed E-state index contributed by atoms with van der Waals surface area (Å²) in [5.41, 5.74) is 9.20. The van der Waals surface area contributed by atoms with Gasteiger partial charge in [-0.1, -0.05) is 0 Å². The Morgan fingerprint density at radius 3 is 2.57 bits per heavy atom. The predicted molar refractivity (Wildman–Crippen MR) is 60.4 cm³/mol. The van der Waals surface area contributed by atoms with Crippen LogP contribution in [0.25, 0.3) is 10.6 Å². The van der Waals surface area contributed by atoms with E-state index in [1.54, 1.807) is 16.0 Å². The summed E-state index contributed by atoms with van der Waals surface area (Å²) >= 11 is 1.71. The Morgan fingerprint density at radius 1 is 1.43 bits per heavy atom. The van der Waals surface area contributed by atoms with Gasteiger partial charge in [-0.05, 0) is 30.9 Å². The van der Waals surface area contributed by atoms with Gasteiger partial charge in [0.15, 0.2) is 0 Å². The van der Waals surface area contributed by atoms with Gasteiger partial charge in [-0.3, -0.25) is 4.68 Å². The molecule has 0 spiro atoms. The monoisotopic (exact) mass is 207 g/mol. The molecule has 0 fully saturated rings. The zero-order valence-corrected chi connectivity index (χ0v) is 9.35. The van der Waals surface area contributed by atoms with Crippen LogP contribution in [0.15, 0.2) is 11.4 Å². The molecule has 74 valence electrons. The number of aryl methyl sites for hydroxylation is 2. The summed E-state index contributed by atoms with van der Waals surface area (Å²) in [5.74, 6) is 0.743. The predicted octanol–water partition coefficient (Wildman–Crippen LogP) is 2.35. The largest absolute Gasteiger partial charge is 0.384 e. The molecule has 14 heavy (non-hydrogen) atoms. The maximum absolute atomic E-state index is 5.86. The highest BCUT2D eigenvalue weighted by molar-refractivity contribution is 7.13. The molecule has 0 aliphatic rings. The first-order chi connectivity index (χ1) is 6.61. The smallest absolute Gasteiger partial charge is 0.124 e. The third-order valence-corrected chi connectivity index (χ3v) is 3.44. The number of rotatable bonds is 1. The molecule has 0 atom stereocenters. The number of hydrogen-bond acceptors (Lipinski definition) is 3. The van der Waals surface area contributed by atoms with Crippen molar-refractivity contribution >= 4 is 17.2 Å². The fraction of sp³-hybridized carbons (Fsp3) is 0.300. The quantitative estimate of drug-likeness (QED) is 0.780. The van der Waals surface area contributed by atoms with Crippen molar-refractivity contribution in [2.24, 2.45) is 7.05 Å². The van der Waals surface area contributed by atoms with E-state index in [1.807, 2.05) is 14.0 Å². The molecule has 0 saturated carbocycles. The average molecular weight is 207 g/mol. The lowest BCUT2D eigenvalue weighted by molar-refractivity contribution is 0.782. The minimum Gasteiger partial charge on any atom is -0.384 e. The standard InChI is InChI=1S/C10H13N3S/c1-6-4-5-14-9(6)8-7(2)10(11)13(3)12-8/h4-5H,11H2,1-3H3. The number of anilines is 1. The van der Waals surface area contributed by atoms with Gasteiger partial charge in [0.2, 0.25) is 0 Å². The van der Waals surface area contributed by atoms with Gasteiger partial charge in [0.25, 0.3) is 0 Å². The van der Waals surface area contributed by atoms with Crippen LogP contribution in [0.4, 0.5) is 5.82 Å². The maximum Gasteiger partial charge on any atom is 0.124 e. The molecular formula is C10H13N3S. The summed E-state index contributed by atoms with van der Waals surface area (Å²) < 4.78 is 1.73. The first-order valence-electron chi connectivity index (χ1n) is 4.44. The molecule has 0 amide bonds. The van der Waals surface area contributed by atoms with Crippen LogP contribution in [0.2, 0.25) is 0 Å². The van der Waals surface area contributed by atoms with Gasteiger partial charge in [-0.2, -0.15) is 5.10 Å². The summed E-state index contributed by atoms with van der Waals surface area (Å²) in [7, 11) is 1.87. The Hall–Kier alpha value is -1.29. The van der Waals surface area contributed by atoms with Crippen LogP contribution in [0.5, 0.6) is 0 Å². The second kappa shape index (κ2) is 3.13. The van der Waals surface area contributed by atoms with Crippen molar-refractivity contribution in [2.75, 3.05) is 5.73 Å². The molecule has 2 heterocycles. The number of hydrogen-bond donors (Lipinski definition) is 1. The van der Waals surface area contributed by atoms with Crippen LogP contribution in [-0.2, 0) is 7.05 Å². The zero-order valence-electron chi connectivity index (χ0n) is 8.53.